The Morgan fingerprint density at radius 3 is 2.82 bits per heavy atom. The van der Waals surface area contributed by atoms with Gasteiger partial charge in [0.15, 0.2) is 5.78 Å². The van der Waals surface area contributed by atoms with E-state index in [2.05, 4.69) is 4.98 Å². The van der Waals surface area contributed by atoms with E-state index in [1.165, 1.54) is 0 Å². The van der Waals surface area contributed by atoms with Gasteiger partial charge in [0.1, 0.15) is 5.82 Å². The number of hydrogen-bond acceptors (Lipinski definition) is 2. The van der Waals surface area contributed by atoms with Crippen LogP contribution in [-0.2, 0) is 13.5 Å². The number of aromatic nitrogens is 2. The molecule has 0 aliphatic heterocycles. The van der Waals surface area contributed by atoms with Gasteiger partial charge in [-0.1, -0.05) is 11.6 Å². The zero-order valence-electron chi connectivity index (χ0n) is 9.77. The molecule has 0 bridgehead atoms. The van der Waals surface area contributed by atoms with Crippen molar-refractivity contribution in [2.75, 3.05) is 0 Å². The molecular formula is C13H13ClN2O. The Hall–Kier alpha value is -1.61. The molecule has 0 N–H and O–H groups in total. The third-order valence-corrected chi connectivity index (χ3v) is 2.96. The summed E-state index contributed by atoms with van der Waals surface area (Å²) in [6, 6.07) is 5.30. The van der Waals surface area contributed by atoms with Gasteiger partial charge in [-0.25, -0.2) is 4.98 Å². The topological polar surface area (TPSA) is 34.9 Å². The zero-order chi connectivity index (χ0) is 12.4. The predicted octanol–water partition coefficient (Wildman–Crippen LogP) is 2.81. The SMILES string of the molecule is Cc1cc(Cl)ccc1C(=O)Cc1nccn1C. The Morgan fingerprint density at radius 1 is 1.47 bits per heavy atom. The van der Waals surface area contributed by atoms with Crippen LogP contribution in [0.1, 0.15) is 21.7 Å². The molecule has 0 radical (unpaired) electrons. The quantitative estimate of drug-likeness (QED) is 0.783. The standard InChI is InChI=1S/C13H13ClN2O/c1-9-7-10(14)3-4-11(9)12(17)8-13-15-5-6-16(13)2/h3-7H,8H2,1-2H3. The lowest BCUT2D eigenvalue weighted by atomic mass is 10.0. The van der Waals surface area contributed by atoms with E-state index in [0.29, 0.717) is 17.0 Å². The Morgan fingerprint density at radius 2 is 2.24 bits per heavy atom. The third-order valence-electron chi connectivity index (χ3n) is 2.73. The molecule has 4 heteroatoms. The van der Waals surface area contributed by atoms with Gasteiger partial charge in [-0.2, -0.15) is 0 Å². The minimum atomic E-state index is 0.0634. The van der Waals surface area contributed by atoms with Gasteiger partial charge in [-0.3, -0.25) is 4.79 Å². The Bertz CT molecular complexity index is 560. The van der Waals surface area contributed by atoms with Crippen molar-refractivity contribution in [1.82, 2.24) is 9.55 Å². The van der Waals surface area contributed by atoms with Gasteiger partial charge >= 0.3 is 0 Å². The molecular weight excluding hydrogens is 236 g/mol. The number of hydrogen-bond donors (Lipinski definition) is 0. The summed E-state index contributed by atoms with van der Waals surface area (Å²) >= 11 is 5.86. The van der Waals surface area contributed by atoms with Crippen molar-refractivity contribution in [3.05, 3.63) is 52.6 Å². The Balaban J connectivity index is 2.23. The number of aryl methyl sites for hydroxylation is 2. The van der Waals surface area contributed by atoms with Crippen LogP contribution in [-0.4, -0.2) is 15.3 Å². The van der Waals surface area contributed by atoms with Crippen molar-refractivity contribution in [2.45, 2.75) is 13.3 Å². The molecule has 0 aliphatic carbocycles. The van der Waals surface area contributed by atoms with E-state index < -0.39 is 0 Å². The van der Waals surface area contributed by atoms with Crippen molar-refractivity contribution in [3.8, 4) is 0 Å². The van der Waals surface area contributed by atoms with Crippen LogP contribution in [0, 0.1) is 6.92 Å². The maximum absolute atomic E-state index is 12.1. The number of imidazole rings is 1. The summed E-state index contributed by atoms with van der Waals surface area (Å²) in [7, 11) is 1.88. The summed E-state index contributed by atoms with van der Waals surface area (Å²) in [5, 5.41) is 0.649. The fourth-order valence-electron chi connectivity index (χ4n) is 1.75. The molecule has 0 saturated carbocycles. The number of ketones is 1. The molecule has 3 nitrogen and oxygen atoms in total. The highest BCUT2D eigenvalue weighted by molar-refractivity contribution is 6.30. The second-order valence-corrected chi connectivity index (χ2v) is 4.45. The molecule has 0 saturated heterocycles. The largest absolute Gasteiger partial charge is 0.338 e. The number of nitrogens with zero attached hydrogens (tertiary/aromatic N) is 2. The fraction of sp³-hybridized carbons (Fsp3) is 0.231. The maximum Gasteiger partial charge on any atom is 0.170 e. The molecule has 0 aliphatic rings. The first-order chi connectivity index (χ1) is 8.08. The Kier molecular flexibility index (Phi) is 3.29. The van der Waals surface area contributed by atoms with Gasteiger partial charge in [0.05, 0.1) is 6.42 Å². The normalized spacial score (nSPS) is 10.5. The third kappa shape index (κ3) is 2.56. The first-order valence-corrected chi connectivity index (χ1v) is 5.71. The summed E-state index contributed by atoms with van der Waals surface area (Å²) in [5.41, 5.74) is 1.61. The van der Waals surface area contributed by atoms with Crippen LogP contribution in [0.25, 0.3) is 0 Å². The van der Waals surface area contributed by atoms with Gasteiger partial charge in [0.25, 0.3) is 0 Å². The molecule has 0 spiro atoms. The molecule has 2 aromatic rings. The Labute approximate surface area is 105 Å². The molecule has 1 heterocycles. The molecule has 0 fully saturated rings. The predicted molar refractivity (Wildman–Crippen MR) is 67.4 cm³/mol. The average Bonchev–Trinajstić information content (AvgIpc) is 2.64. The van der Waals surface area contributed by atoms with Crippen LogP contribution in [0.15, 0.2) is 30.6 Å². The molecule has 0 atom stereocenters. The number of halogens is 1. The molecule has 17 heavy (non-hydrogen) atoms. The average molecular weight is 249 g/mol. The van der Waals surface area contributed by atoms with E-state index in [0.717, 1.165) is 11.4 Å². The van der Waals surface area contributed by atoms with Gasteiger partial charge in [0.2, 0.25) is 0 Å². The number of carbonyl (C=O) groups is 1. The lowest BCUT2D eigenvalue weighted by molar-refractivity contribution is 0.0989. The van der Waals surface area contributed by atoms with Crippen LogP contribution < -0.4 is 0 Å². The highest BCUT2D eigenvalue weighted by Gasteiger charge is 2.12. The first-order valence-electron chi connectivity index (χ1n) is 5.33. The van der Waals surface area contributed by atoms with Gasteiger partial charge in [0, 0.05) is 30.0 Å². The van der Waals surface area contributed by atoms with E-state index in [4.69, 9.17) is 11.6 Å². The summed E-state index contributed by atoms with van der Waals surface area (Å²) in [6.07, 6.45) is 3.83. The van der Waals surface area contributed by atoms with E-state index in [-0.39, 0.29) is 5.78 Å². The summed E-state index contributed by atoms with van der Waals surface area (Å²) in [4.78, 5) is 16.2. The van der Waals surface area contributed by atoms with Crippen LogP contribution in [0.4, 0.5) is 0 Å². The highest BCUT2D eigenvalue weighted by atomic mass is 35.5. The maximum atomic E-state index is 12.1. The van der Waals surface area contributed by atoms with Gasteiger partial charge in [-0.05, 0) is 30.7 Å². The smallest absolute Gasteiger partial charge is 0.170 e. The van der Waals surface area contributed by atoms with Crippen molar-refractivity contribution in [2.24, 2.45) is 7.05 Å². The van der Waals surface area contributed by atoms with Crippen LogP contribution >= 0.6 is 11.6 Å². The highest BCUT2D eigenvalue weighted by Crippen LogP contribution is 2.16. The summed E-state index contributed by atoms with van der Waals surface area (Å²) in [6.45, 7) is 1.89. The second kappa shape index (κ2) is 4.72. The lowest BCUT2D eigenvalue weighted by Gasteiger charge is -2.05. The molecule has 1 aromatic carbocycles. The summed E-state index contributed by atoms with van der Waals surface area (Å²) in [5.74, 6) is 0.831. The second-order valence-electron chi connectivity index (χ2n) is 4.01. The molecule has 0 amide bonds. The van der Waals surface area contributed by atoms with Crippen molar-refractivity contribution < 1.29 is 4.79 Å². The lowest BCUT2D eigenvalue weighted by Crippen LogP contribution is -2.09. The fourth-order valence-corrected chi connectivity index (χ4v) is 1.97. The number of rotatable bonds is 3. The van der Waals surface area contributed by atoms with Crippen LogP contribution in [0.2, 0.25) is 5.02 Å². The summed E-state index contributed by atoms with van der Waals surface area (Å²) < 4.78 is 1.85. The molecule has 0 unspecified atom stereocenters. The van der Waals surface area contributed by atoms with Gasteiger partial charge in [-0.15, -0.1) is 0 Å². The minimum Gasteiger partial charge on any atom is -0.338 e. The van der Waals surface area contributed by atoms with Crippen LogP contribution in [0.3, 0.4) is 0 Å². The van der Waals surface area contributed by atoms with E-state index in [1.807, 2.05) is 24.7 Å². The van der Waals surface area contributed by atoms with Crippen molar-refractivity contribution >= 4 is 17.4 Å². The number of Topliss-reactive ketones (excluding diaryl/α,β-unsaturated/α-hetero) is 1. The van der Waals surface area contributed by atoms with Crippen LogP contribution in [0.5, 0.6) is 0 Å². The van der Waals surface area contributed by atoms with E-state index >= 15 is 0 Å². The minimum absolute atomic E-state index is 0.0634. The van der Waals surface area contributed by atoms with E-state index in [1.54, 1.807) is 24.4 Å². The van der Waals surface area contributed by atoms with E-state index in [9.17, 15) is 4.79 Å². The van der Waals surface area contributed by atoms with Gasteiger partial charge < -0.3 is 4.57 Å². The zero-order valence-corrected chi connectivity index (χ0v) is 10.5. The molecule has 2 rings (SSSR count). The molecule has 1 aromatic heterocycles. The number of carbonyl (C=O) groups excluding carboxylic acids is 1. The number of benzene rings is 1. The molecule has 88 valence electrons. The monoisotopic (exact) mass is 248 g/mol. The van der Waals surface area contributed by atoms with Crippen molar-refractivity contribution in [3.63, 3.8) is 0 Å². The first kappa shape index (κ1) is 11.9. The van der Waals surface area contributed by atoms with Crippen molar-refractivity contribution in [1.29, 1.82) is 0 Å².